The molecule has 5 rings (SSSR count). The molecule has 1 aliphatic carbocycles. The zero-order valence-corrected chi connectivity index (χ0v) is 19.8. The first-order chi connectivity index (χ1) is 17.0. The normalized spacial score (nSPS) is 17.5. The molecular formula is C25H25F3N6O2. The van der Waals surface area contributed by atoms with E-state index in [4.69, 9.17) is 0 Å². The van der Waals surface area contributed by atoms with Crippen molar-refractivity contribution in [2.24, 2.45) is 5.41 Å². The molecule has 2 amide bonds. The van der Waals surface area contributed by atoms with Crippen molar-refractivity contribution < 1.29 is 22.8 Å². The van der Waals surface area contributed by atoms with E-state index in [-0.39, 0.29) is 17.5 Å². The quantitative estimate of drug-likeness (QED) is 0.527. The van der Waals surface area contributed by atoms with Gasteiger partial charge in [-0.05, 0) is 37.5 Å². The summed E-state index contributed by atoms with van der Waals surface area (Å²) >= 11 is 0. The lowest BCUT2D eigenvalue weighted by Gasteiger charge is -2.21. The van der Waals surface area contributed by atoms with E-state index in [1.54, 1.807) is 29.3 Å². The molecule has 1 saturated heterocycles. The number of nitrogens with one attached hydrogen (secondary N) is 1. The Bertz CT molecular complexity index is 1330. The second-order valence-electron chi connectivity index (χ2n) is 9.90. The molecule has 2 fully saturated rings. The number of carbonyl (C=O) groups excluding carboxylic acids is 2. The number of alkyl halides is 3. The standard InChI is InChI=1S/C25H25F3N6O2/c1-24(2)8-9-34(23(24)36)17-10-20(21(29-12-17)15-6-7-15)32-22(35)19-5-3-4-18(31-19)16-11-30-33(13-16)14-25(26,27)28/h3-5,10-13,15H,6-9,14H2,1-2H3,(H,32,35). The van der Waals surface area contributed by atoms with E-state index in [0.717, 1.165) is 29.6 Å². The van der Waals surface area contributed by atoms with Crippen LogP contribution in [0.3, 0.4) is 0 Å². The first-order valence-corrected chi connectivity index (χ1v) is 11.7. The number of pyridine rings is 2. The van der Waals surface area contributed by atoms with Crippen LogP contribution in [-0.2, 0) is 11.3 Å². The first-order valence-electron chi connectivity index (χ1n) is 11.7. The number of nitrogens with zero attached hydrogens (tertiary/aromatic N) is 5. The van der Waals surface area contributed by atoms with Gasteiger partial charge >= 0.3 is 6.18 Å². The van der Waals surface area contributed by atoms with Crippen molar-refractivity contribution in [1.82, 2.24) is 19.7 Å². The summed E-state index contributed by atoms with van der Waals surface area (Å²) in [5.74, 6) is -0.214. The van der Waals surface area contributed by atoms with Crippen LogP contribution in [0.5, 0.6) is 0 Å². The van der Waals surface area contributed by atoms with Crippen LogP contribution in [0.1, 0.15) is 55.2 Å². The summed E-state index contributed by atoms with van der Waals surface area (Å²) in [5.41, 5.74) is 2.27. The summed E-state index contributed by atoms with van der Waals surface area (Å²) in [5, 5.41) is 6.63. The highest BCUT2D eigenvalue weighted by Crippen LogP contribution is 2.44. The van der Waals surface area contributed by atoms with Gasteiger partial charge in [-0.2, -0.15) is 18.3 Å². The van der Waals surface area contributed by atoms with Crippen LogP contribution >= 0.6 is 0 Å². The zero-order chi connectivity index (χ0) is 25.7. The molecule has 4 heterocycles. The van der Waals surface area contributed by atoms with Crippen molar-refractivity contribution in [3.63, 3.8) is 0 Å². The minimum Gasteiger partial charge on any atom is -0.319 e. The molecular weight excluding hydrogens is 473 g/mol. The fraction of sp³-hybridized carbons (Fsp3) is 0.400. The summed E-state index contributed by atoms with van der Waals surface area (Å²) < 4.78 is 38.7. The van der Waals surface area contributed by atoms with Gasteiger partial charge in [0.25, 0.3) is 5.91 Å². The van der Waals surface area contributed by atoms with Crippen molar-refractivity contribution in [2.45, 2.75) is 51.7 Å². The molecule has 3 aromatic rings. The van der Waals surface area contributed by atoms with Crippen molar-refractivity contribution in [2.75, 3.05) is 16.8 Å². The van der Waals surface area contributed by atoms with Gasteiger partial charge in [0.1, 0.15) is 12.2 Å². The Morgan fingerprint density at radius 2 is 2.00 bits per heavy atom. The predicted octanol–water partition coefficient (Wildman–Crippen LogP) is 4.80. The number of amides is 2. The Morgan fingerprint density at radius 3 is 2.67 bits per heavy atom. The molecule has 0 radical (unpaired) electrons. The van der Waals surface area contributed by atoms with Crippen LogP contribution < -0.4 is 10.2 Å². The highest BCUT2D eigenvalue weighted by molar-refractivity contribution is 6.04. The fourth-order valence-electron chi connectivity index (χ4n) is 4.28. The van der Waals surface area contributed by atoms with Crippen LogP contribution in [0.15, 0.2) is 42.9 Å². The van der Waals surface area contributed by atoms with Gasteiger partial charge in [-0.1, -0.05) is 19.9 Å². The molecule has 1 N–H and O–H groups in total. The average Bonchev–Trinajstić information content (AvgIpc) is 3.50. The van der Waals surface area contributed by atoms with Gasteiger partial charge in [0.15, 0.2) is 0 Å². The Hall–Kier alpha value is -3.76. The summed E-state index contributed by atoms with van der Waals surface area (Å²) in [6.45, 7) is 3.19. The molecule has 3 aromatic heterocycles. The number of halogens is 3. The number of aromatic nitrogens is 4. The van der Waals surface area contributed by atoms with E-state index >= 15 is 0 Å². The van der Waals surface area contributed by atoms with Gasteiger partial charge < -0.3 is 10.2 Å². The fourth-order valence-corrected chi connectivity index (χ4v) is 4.28. The number of rotatable bonds is 6. The maximum absolute atomic E-state index is 13.1. The minimum atomic E-state index is -4.39. The predicted molar refractivity (Wildman–Crippen MR) is 126 cm³/mol. The van der Waals surface area contributed by atoms with Gasteiger partial charge in [0, 0.05) is 29.6 Å². The lowest BCUT2D eigenvalue weighted by molar-refractivity contribution is -0.142. The van der Waals surface area contributed by atoms with Gasteiger partial charge in [0.05, 0.1) is 35.2 Å². The zero-order valence-electron chi connectivity index (χ0n) is 19.8. The van der Waals surface area contributed by atoms with Crippen molar-refractivity contribution >= 4 is 23.2 Å². The molecule has 8 nitrogen and oxygen atoms in total. The summed E-state index contributed by atoms with van der Waals surface area (Å²) in [6.07, 6.45) is 2.48. The molecule has 0 unspecified atom stereocenters. The SMILES string of the molecule is CC1(C)CCN(c2cnc(C3CC3)c(NC(=O)c3cccc(-c4cnn(CC(F)(F)F)c4)n3)c2)C1=O. The van der Waals surface area contributed by atoms with E-state index in [2.05, 4.69) is 20.4 Å². The van der Waals surface area contributed by atoms with Crippen molar-refractivity contribution in [1.29, 1.82) is 0 Å². The lowest BCUT2D eigenvalue weighted by atomic mass is 9.92. The summed E-state index contributed by atoms with van der Waals surface area (Å²) in [7, 11) is 0. The van der Waals surface area contributed by atoms with Crippen molar-refractivity contribution in [3.05, 3.63) is 54.2 Å². The number of carbonyl (C=O) groups is 2. The Morgan fingerprint density at radius 1 is 1.22 bits per heavy atom. The highest BCUT2D eigenvalue weighted by atomic mass is 19.4. The van der Waals surface area contributed by atoms with Gasteiger partial charge in [-0.15, -0.1) is 0 Å². The van der Waals surface area contributed by atoms with E-state index in [1.165, 1.54) is 18.5 Å². The summed E-state index contributed by atoms with van der Waals surface area (Å²) in [6, 6.07) is 6.52. The van der Waals surface area contributed by atoms with E-state index in [0.29, 0.717) is 29.2 Å². The number of anilines is 2. The maximum atomic E-state index is 13.1. The second kappa shape index (κ2) is 8.72. The molecule has 11 heteroatoms. The molecule has 2 aliphatic rings. The third-order valence-corrected chi connectivity index (χ3v) is 6.46. The van der Waals surface area contributed by atoms with Crippen LogP contribution in [0.4, 0.5) is 24.5 Å². The summed E-state index contributed by atoms with van der Waals surface area (Å²) in [4.78, 5) is 36.5. The molecule has 0 spiro atoms. The van der Waals surface area contributed by atoms with Crippen LogP contribution in [0, 0.1) is 5.41 Å². The molecule has 1 saturated carbocycles. The molecule has 188 valence electrons. The lowest BCUT2D eigenvalue weighted by Crippen LogP contribution is -2.31. The van der Waals surface area contributed by atoms with E-state index in [9.17, 15) is 22.8 Å². The molecule has 0 aromatic carbocycles. The van der Waals surface area contributed by atoms with Gasteiger partial charge in [-0.25, -0.2) is 4.98 Å². The maximum Gasteiger partial charge on any atom is 0.408 e. The largest absolute Gasteiger partial charge is 0.408 e. The van der Waals surface area contributed by atoms with E-state index < -0.39 is 24.0 Å². The first kappa shape index (κ1) is 24.0. The topological polar surface area (TPSA) is 93.0 Å². The molecule has 0 atom stereocenters. The Balaban J connectivity index is 1.38. The van der Waals surface area contributed by atoms with Gasteiger partial charge in [-0.3, -0.25) is 19.3 Å². The Labute approximate surface area is 205 Å². The minimum absolute atomic E-state index is 0.0150. The van der Waals surface area contributed by atoms with Crippen LogP contribution in [0.25, 0.3) is 11.3 Å². The second-order valence-corrected chi connectivity index (χ2v) is 9.90. The number of hydrogen-bond donors (Lipinski definition) is 1. The molecule has 36 heavy (non-hydrogen) atoms. The molecule has 0 bridgehead atoms. The third-order valence-electron chi connectivity index (χ3n) is 6.46. The van der Waals surface area contributed by atoms with Gasteiger partial charge in [0.2, 0.25) is 5.91 Å². The van der Waals surface area contributed by atoms with Crippen LogP contribution in [-0.4, -0.2) is 44.3 Å². The number of hydrogen-bond acceptors (Lipinski definition) is 5. The van der Waals surface area contributed by atoms with Crippen molar-refractivity contribution in [3.8, 4) is 11.3 Å². The van der Waals surface area contributed by atoms with E-state index in [1.807, 2.05) is 13.8 Å². The highest BCUT2D eigenvalue weighted by Gasteiger charge is 2.40. The Kier molecular flexibility index (Phi) is 5.80. The smallest absolute Gasteiger partial charge is 0.319 e. The molecule has 1 aliphatic heterocycles. The third kappa shape index (κ3) is 4.95. The monoisotopic (exact) mass is 498 g/mol. The van der Waals surface area contributed by atoms with Crippen LogP contribution in [0.2, 0.25) is 0 Å². The average molecular weight is 499 g/mol.